The van der Waals surface area contributed by atoms with Crippen molar-refractivity contribution in [3.63, 3.8) is 0 Å². The molecule has 0 amide bonds. The minimum Gasteiger partial charge on any atom is -0.278 e. The first kappa shape index (κ1) is 10.2. The molecular formula is C10H15NO2. The number of hydrogen-bond acceptors (Lipinski definition) is 3. The molecule has 1 aromatic carbocycles. The van der Waals surface area contributed by atoms with Crippen molar-refractivity contribution in [3.05, 3.63) is 35.9 Å². The summed E-state index contributed by atoms with van der Waals surface area (Å²) < 4.78 is 0. The molecule has 0 fully saturated rings. The van der Waals surface area contributed by atoms with E-state index in [1.807, 2.05) is 18.2 Å². The Balaban J connectivity index is 2.34. The second kappa shape index (κ2) is 5.70. The molecule has 13 heavy (non-hydrogen) atoms. The van der Waals surface area contributed by atoms with Crippen LogP contribution in [0, 0.1) is 0 Å². The van der Waals surface area contributed by atoms with Crippen LogP contribution in [-0.2, 0) is 16.1 Å². The van der Waals surface area contributed by atoms with Crippen LogP contribution in [0.2, 0.25) is 0 Å². The summed E-state index contributed by atoms with van der Waals surface area (Å²) in [5, 5.41) is 1.45. The predicted octanol–water partition coefficient (Wildman–Crippen LogP) is 1.65. The van der Waals surface area contributed by atoms with E-state index in [1.165, 1.54) is 10.8 Å². The Morgan fingerprint density at radius 2 is 1.69 bits per heavy atom. The van der Waals surface area contributed by atoms with E-state index in [0.717, 1.165) is 13.0 Å². The van der Waals surface area contributed by atoms with Gasteiger partial charge in [0.1, 0.15) is 0 Å². The fourth-order valence-corrected chi connectivity index (χ4v) is 1.12. The average Bonchev–Trinajstić information content (AvgIpc) is 2.21. The highest BCUT2D eigenvalue weighted by atomic mass is 16.9. The lowest BCUT2D eigenvalue weighted by atomic mass is 10.2. The van der Waals surface area contributed by atoms with E-state index in [2.05, 4.69) is 12.1 Å². The minimum atomic E-state index is 0.733. The van der Waals surface area contributed by atoms with Crippen LogP contribution in [0.1, 0.15) is 5.56 Å². The molecule has 0 aliphatic carbocycles. The van der Waals surface area contributed by atoms with E-state index >= 15 is 0 Å². The van der Waals surface area contributed by atoms with Gasteiger partial charge in [0, 0.05) is 0 Å². The number of nitrogens with zero attached hydrogens (tertiary/aromatic N) is 1. The molecule has 0 N–H and O–H groups in total. The average molecular weight is 181 g/mol. The van der Waals surface area contributed by atoms with E-state index in [-0.39, 0.29) is 0 Å². The monoisotopic (exact) mass is 181 g/mol. The summed E-state index contributed by atoms with van der Waals surface area (Å²) in [4.78, 5) is 9.86. The largest absolute Gasteiger partial charge is 0.278 e. The van der Waals surface area contributed by atoms with E-state index in [4.69, 9.17) is 9.68 Å². The molecule has 0 saturated carbocycles. The van der Waals surface area contributed by atoms with Crippen molar-refractivity contribution in [1.82, 2.24) is 5.23 Å². The lowest BCUT2D eigenvalue weighted by molar-refractivity contribution is -0.341. The maximum absolute atomic E-state index is 4.93. The van der Waals surface area contributed by atoms with Crippen molar-refractivity contribution >= 4 is 0 Å². The van der Waals surface area contributed by atoms with Crippen molar-refractivity contribution in [2.75, 3.05) is 20.8 Å². The number of rotatable bonds is 5. The SMILES string of the molecule is CON(CCc1ccccc1)OC. The number of hydrogen-bond donors (Lipinski definition) is 0. The molecule has 3 heteroatoms. The summed E-state index contributed by atoms with van der Waals surface area (Å²) in [6.07, 6.45) is 0.919. The van der Waals surface area contributed by atoms with Gasteiger partial charge in [0.25, 0.3) is 0 Å². The predicted molar refractivity (Wildman–Crippen MR) is 50.9 cm³/mol. The van der Waals surface area contributed by atoms with Crippen molar-refractivity contribution in [2.24, 2.45) is 0 Å². The number of hydroxylamine groups is 2. The highest BCUT2D eigenvalue weighted by Gasteiger charge is 2.00. The highest BCUT2D eigenvalue weighted by Crippen LogP contribution is 2.01. The van der Waals surface area contributed by atoms with Crippen LogP contribution in [0.25, 0.3) is 0 Å². The van der Waals surface area contributed by atoms with Crippen molar-refractivity contribution in [3.8, 4) is 0 Å². The quantitative estimate of drug-likeness (QED) is 0.645. The Morgan fingerprint density at radius 3 is 2.23 bits per heavy atom. The topological polar surface area (TPSA) is 21.7 Å². The van der Waals surface area contributed by atoms with Gasteiger partial charge in [-0.15, -0.1) is 0 Å². The van der Waals surface area contributed by atoms with Crippen LogP contribution in [-0.4, -0.2) is 26.0 Å². The van der Waals surface area contributed by atoms with Crippen molar-refractivity contribution < 1.29 is 9.68 Å². The van der Waals surface area contributed by atoms with E-state index in [0.29, 0.717) is 0 Å². The normalized spacial score (nSPS) is 10.7. The van der Waals surface area contributed by atoms with Gasteiger partial charge < -0.3 is 0 Å². The molecule has 0 aromatic heterocycles. The Labute approximate surface area is 78.8 Å². The van der Waals surface area contributed by atoms with Crippen molar-refractivity contribution in [2.45, 2.75) is 6.42 Å². The zero-order valence-corrected chi connectivity index (χ0v) is 8.06. The molecule has 0 aliphatic rings. The molecule has 0 aliphatic heterocycles. The van der Waals surface area contributed by atoms with Gasteiger partial charge in [0.2, 0.25) is 0 Å². The zero-order valence-electron chi connectivity index (χ0n) is 8.06. The van der Waals surface area contributed by atoms with E-state index < -0.39 is 0 Å². The lowest BCUT2D eigenvalue weighted by Gasteiger charge is -2.15. The second-order valence-corrected chi connectivity index (χ2v) is 2.66. The standard InChI is InChI=1S/C10H15NO2/c1-12-11(13-2)9-8-10-6-4-3-5-7-10/h3-7H,8-9H2,1-2H3. The van der Waals surface area contributed by atoms with Crippen LogP contribution in [0.3, 0.4) is 0 Å². The molecule has 1 aromatic rings. The smallest absolute Gasteiger partial charge is 0.0601 e. The third kappa shape index (κ3) is 3.55. The van der Waals surface area contributed by atoms with Crippen LogP contribution in [0.15, 0.2) is 30.3 Å². The molecule has 72 valence electrons. The van der Waals surface area contributed by atoms with Gasteiger partial charge in [-0.05, 0) is 12.0 Å². The molecule has 0 spiro atoms. The lowest BCUT2D eigenvalue weighted by Crippen LogP contribution is -2.23. The van der Waals surface area contributed by atoms with E-state index in [1.54, 1.807) is 14.2 Å². The van der Waals surface area contributed by atoms with Crippen molar-refractivity contribution in [1.29, 1.82) is 0 Å². The fourth-order valence-electron chi connectivity index (χ4n) is 1.12. The van der Waals surface area contributed by atoms with Gasteiger partial charge >= 0.3 is 0 Å². The molecule has 0 heterocycles. The summed E-state index contributed by atoms with van der Waals surface area (Å²) >= 11 is 0. The summed E-state index contributed by atoms with van der Waals surface area (Å²) in [6, 6.07) is 10.2. The molecular weight excluding hydrogens is 166 g/mol. The van der Waals surface area contributed by atoms with Gasteiger partial charge in [-0.3, -0.25) is 9.68 Å². The minimum absolute atomic E-state index is 0.733. The fraction of sp³-hybridized carbons (Fsp3) is 0.400. The Kier molecular flexibility index (Phi) is 4.46. The Hall–Kier alpha value is -0.900. The Morgan fingerprint density at radius 1 is 1.08 bits per heavy atom. The zero-order chi connectivity index (χ0) is 9.52. The van der Waals surface area contributed by atoms with E-state index in [9.17, 15) is 0 Å². The van der Waals surface area contributed by atoms with Crippen LogP contribution in [0.4, 0.5) is 0 Å². The van der Waals surface area contributed by atoms with Gasteiger partial charge in [-0.1, -0.05) is 35.6 Å². The summed E-state index contributed by atoms with van der Waals surface area (Å²) in [6.45, 7) is 0.733. The van der Waals surface area contributed by atoms with Gasteiger partial charge in [0.15, 0.2) is 0 Å². The molecule has 0 radical (unpaired) electrons. The Bertz CT molecular complexity index is 222. The van der Waals surface area contributed by atoms with Crippen LogP contribution >= 0.6 is 0 Å². The molecule has 1 rings (SSSR count). The first-order valence-corrected chi connectivity index (χ1v) is 4.26. The number of benzene rings is 1. The summed E-state index contributed by atoms with van der Waals surface area (Å²) in [5.41, 5.74) is 1.28. The second-order valence-electron chi connectivity index (χ2n) is 2.66. The highest BCUT2D eigenvalue weighted by molar-refractivity contribution is 5.14. The molecule has 0 bridgehead atoms. The van der Waals surface area contributed by atoms with Gasteiger partial charge in [-0.25, -0.2) is 0 Å². The molecule has 3 nitrogen and oxygen atoms in total. The summed E-state index contributed by atoms with van der Waals surface area (Å²) in [5.74, 6) is 0. The molecule has 0 saturated heterocycles. The van der Waals surface area contributed by atoms with Gasteiger partial charge in [-0.2, -0.15) is 0 Å². The van der Waals surface area contributed by atoms with Gasteiger partial charge in [0.05, 0.1) is 20.8 Å². The van der Waals surface area contributed by atoms with Crippen LogP contribution in [0.5, 0.6) is 0 Å². The maximum atomic E-state index is 4.93. The van der Waals surface area contributed by atoms with Crippen LogP contribution < -0.4 is 0 Å². The molecule has 0 unspecified atom stereocenters. The first-order valence-electron chi connectivity index (χ1n) is 4.26. The summed E-state index contributed by atoms with van der Waals surface area (Å²) in [7, 11) is 3.18. The third-order valence-corrected chi connectivity index (χ3v) is 1.83. The maximum Gasteiger partial charge on any atom is 0.0601 e. The first-order chi connectivity index (χ1) is 6.36. The third-order valence-electron chi connectivity index (χ3n) is 1.83. The molecule has 0 atom stereocenters.